The number of halogens is 4. The van der Waals surface area contributed by atoms with Crippen LogP contribution in [0.15, 0.2) is 60.8 Å². The van der Waals surface area contributed by atoms with Crippen LogP contribution in [0.1, 0.15) is 36.7 Å². The smallest absolute Gasteiger partial charge is 0.387 e. The summed E-state index contributed by atoms with van der Waals surface area (Å²) in [5.41, 5.74) is 1.58. The van der Waals surface area contributed by atoms with Crippen molar-refractivity contribution in [3.63, 3.8) is 0 Å². The predicted octanol–water partition coefficient (Wildman–Crippen LogP) is 6.85. The summed E-state index contributed by atoms with van der Waals surface area (Å²) in [5.74, 6) is -0.713. The molecule has 0 radical (unpaired) electrons. The molecule has 198 valence electrons. The van der Waals surface area contributed by atoms with E-state index in [0.29, 0.717) is 27.8 Å². The van der Waals surface area contributed by atoms with E-state index in [0.717, 1.165) is 0 Å². The summed E-state index contributed by atoms with van der Waals surface area (Å²) < 4.78 is 31.3. The molecule has 1 aromatic heterocycles. The van der Waals surface area contributed by atoms with Crippen LogP contribution in [-0.4, -0.2) is 28.2 Å². The highest BCUT2D eigenvalue weighted by Gasteiger charge is 2.23. The monoisotopic (exact) mass is 560 g/mol. The Kier molecular flexibility index (Phi) is 7.89. The van der Waals surface area contributed by atoms with Gasteiger partial charge >= 0.3 is 6.61 Å². The minimum atomic E-state index is -2.95. The Morgan fingerprint density at radius 2 is 1.82 bits per heavy atom. The zero-order valence-corrected chi connectivity index (χ0v) is 22.2. The third kappa shape index (κ3) is 5.89. The van der Waals surface area contributed by atoms with Gasteiger partial charge in [0.05, 0.1) is 38.7 Å². The highest BCUT2D eigenvalue weighted by Crippen LogP contribution is 2.32. The third-order valence-corrected chi connectivity index (χ3v) is 6.41. The molecule has 0 saturated heterocycles. The Bertz CT molecular complexity index is 1520. The van der Waals surface area contributed by atoms with Crippen molar-refractivity contribution in [2.24, 2.45) is 5.41 Å². The number of hydrogen-bond donors (Lipinski definition) is 2. The number of carbonyl (C=O) groups is 2. The molecular weight excluding hydrogens is 537 g/mol. The minimum absolute atomic E-state index is 0.00605. The van der Waals surface area contributed by atoms with Gasteiger partial charge in [0.15, 0.2) is 0 Å². The molecule has 0 saturated carbocycles. The normalized spacial score (nSPS) is 11.6. The molecule has 0 aliphatic rings. The molecule has 0 atom stereocenters. The van der Waals surface area contributed by atoms with Crippen LogP contribution in [0.4, 0.5) is 14.5 Å². The first-order chi connectivity index (χ1) is 18.0. The molecule has 4 rings (SSSR count). The largest absolute Gasteiger partial charge is 0.435 e. The maximum atomic E-state index is 13.3. The van der Waals surface area contributed by atoms with Gasteiger partial charge < -0.3 is 15.4 Å². The van der Waals surface area contributed by atoms with Gasteiger partial charge in [0.2, 0.25) is 5.91 Å². The Balaban J connectivity index is 1.61. The van der Waals surface area contributed by atoms with E-state index in [1.807, 2.05) is 0 Å². The third-order valence-electron chi connectivity index (χ3n) is 5.67. The van der Waals surface area contributed by atoms with Crippen LogP contribution in [0.2, 0.25) is 10.0 Å². The highest BCUT2D eigenvalue weighted by molar-refractivity contribution is 6.41. The molecule has 0 fully saturated rings. The van der Waals surface area contributed by atoms with Gasteiger partial charge in [-0.25, -0.2) is 4.68 Å². The van der Waals surface area contributed by atoms with Crippen LogP contribution in [0.25, 0.3) is 16.6 Å². The number of carbonyl (C=O) groups excluding carboxylic acids is 2. The lowest BCUT2D eigenvalue weighted by Gasteiger charge is -2.18. The number of anilines is 1. The van der Waals surface area contributed by atoms with Crippen LogP contribution < -0.4 is 15.4 Å². The van der Waals surface area contributed by atoms with Crippen molar-refractivity contribution in [2.75, 3.05) is 5.32 Å². The first kappa shape index (κ1) is 27.3. The van der Waals surface area contributed by atoms with Crippen molar-refractivity contribution in [2.45, 2.75) is 33.9 Å². The number of rotatable bonds is 7. The SMILES string of the molecule is CC(C)(C)C(=O)NCc1ccc(Cl)c(C(=O)Nc2cccc3c2cnn3-c2cccc(OC(F)F)c2)c1Cl. The van der Waals surface area contributed by atoms with E-state index < -0.39 is 17.9 Å². The molecule has 3 aromatic carbocycles. The second-order valence-corrected chi connectivity index (χ2v) is 10.2. The zero-order chi connectivity index (χ0) is 27.6. The van der Waals surface area contributed by atoms with Crippen molar-refractivity contribution in [3.05, 3.63) is 82.0 Å². The number of hydrogen-bond acceptors (Lipinski definition) is 4. The number of aromatic nitrogens is 2. The molecule has 11 heteroatoms. The summed E-state index contributed by atoms with van der Waals surface area (Å²) in [4.78, 5) is 25.6. The van der Waals surface area contributed by atoms with E-state index >= 15 is 0 Å². The molecule has 0 aliphatic heterocycles. The number of amides is 2. The zero-order valence-electron chi connectivity index (χ0n) is 20.7. The van der Waals surface area contributed by atoms with Gasteiger partial charge in [-0.1, -0.05) is 62.2 Å². The standard InChI is InChI=1S/C27H24Cl2F2N4O3/c1-27(2,3)25(37)32-13-15-10-11-19(28)22(23(15)29)24(36)34-20-8-5-9-21-18(20)14-33-35(21)16-6-4-7-17(12-16)38-26(30)31/h4-12,14,26H,13H2,1-3H3,(H,32,37)(H,34,36). The van der Waals surface area contributed by atoms with Gasteiger partial charge in [-0.2, -0.15) is 13.9 Å². The van der Waals surface area contributed by atoms with Gasteiger partial charge in [-0.05, 0) is 35.9 Å². The quantitative estimate of drug-likeness (QED) is 0.259. The summed E-state index contributed by atoms with van der Waals surface area (Å²) in [5, 5.41) is 10.9. The van der Waals surface area contributed by atoms with Crippen LogP contribution in [-0.2, 0) is 11.3 Å². The Morgan fingerprint density at radius 1 is 1.08 bits per heavy atom. The van der Waals surface area contributed by atoms with E-state index in [9.17, 15) is 18.4 Å². The van der Waals surface area contributed by atoms with Gasteiger partial charge in [0.1, 0.15) is 5.75 Å². The maximum absolute atomic E-state index is 13.3. The van der Waals surface area contributed by atoms with Crippen LogP contribution in [0.3, 0.4) is 0 Å². The molecule has 2 amide bonds. The van der Waals surface area contributed by atoms with Crippen molar-refractivity contribution in [3.8, 4) is 11.4 Å². The first-order valence-electron chi connectivity index (χ1n) is 11.5. The molecular formula is C27H24Cl2F2N4O3. The fourth-order valence-electron chi connectivity index (χ4n) is 3.72. The number of ether oxygens (including phenoxy) is 1. The lowest BCUT2D eigenvalue weighted by atomic mass is 9.95. The highest BCUT2D eigenvalue weighted by atomic mass is 35.5. The summed E-state index contributed by atoms with van der Waals surface area (Å²) in [6.07, 6.45) is 1.55. The van der Waals surface area contributed by atoms with E-state index in [-0.39, 0.29) is 33.8 Å². The summed E-state index contributed by atoms with van der Waals surface area (Å²) >= 11 is 12.9. The van der Waals surface area contributed by atoms with Crippen molar-refractivity contribution < 1.29 is 23.1 Å². The predicted molar refractivity (Wildman–Crippen MR) is 143 cm³/mol. The average Bonchev–Trinajstić information content (AvgIpc) is 3.28. The minimum Gasteiger partial charge on any atom is -0.435 e. The molecule has 7 nitrogen and oxygen atoms in total. The Hall–Kier alpha value is -3.69. The van der Waals surface area contributed by atoms with Crippen molar-refractivity contribution in [1.82, 2.24) is 15.1 Å². The number of nitrogens with zero attached hydrogens (tertiary/aromatic N) is 2. The molecule has 0 unspecified atom stereocenters. The number of alkyl halides is 2. The van der Waals surface area contributed by atoms with E-state index in [2.05, 4.69) is 20.5 Å². The number of nitrogens with one attached hydrogen (secondary N) is 2. The Morgan fingerprint density at radius 3 is 2.53 bits per heavy atom. The van der Waals surface area contributed by atoms with E-state index in [1.165, 1.54) is 12.1 Å². The summed E-state index contributed by atoms with van der Waals surface area (Å²) in [6, 6.07) is 14.5. The van der Waals surface area contributed by atoms with Gasteiger partial charge in [-0.3, -0.25) is 9.59 Å². The van der Waals surface area contributed by atoms with Crippen LogP contribution in [0.5, 0.6) is 5.75 Å². The van der Waals surface area contributed by atoms with Gasteiger partial charge in [0.25, 0.3) is 5.91 Å². The average molecular weight is 561 g/mol. The molecule has 4 aromatic rings. The van der Waals surface area contributed by atoms with Crippen molar-refractivity contribution in [1.29, 1.82) is 0 Å². The van der Waals surface area contributed by atoms with Crippen molar-refractivity contribution >= 4 is 51.6 Å². The molecule has 1 heterocycles. The molecule has 0 bridgehead atoms. The van der Waals surface area contributed by atoms with Gasteiger partial charge in [0, 0.05) is 23.4 Å². The lowest BCUT2D eigenvalue weighted by molar-refractivity contribution is -0.128. The summed E-state index contributed by atoms with van der Waals surface area (Å²) in [6.45, 7) is 2.56. The second-order valence-electron chi connectivity index (χ2n) is 9.45. The fourth-order valence-corrected chi connectivity index (χ4v) is 4.33. The maximum Gasteiger partial charge on any atom is 0.387 e. The summed E-state index contributed by atoms with van der Waals surface area (Å²) in [7, 11) is 0. The second kappa shape index (κ2) is 11.0. The van der Waals surface area contributed by atoms with E-state index in [1.54, 1.807) is 74.1 Å². The molecule has 0 spiro atoms. The fraction of sp³-hybridized carbons (Fsp3) is 0.222. The number of benzene rings is 3. The van der Waals surface area contributed by atoms with Crippen LogP contribution in [0, 0.1) is 5.41 Å². The molecule has 38 heavy (non-hydrogen) atoms. The topological polar surface area (TPSA) is 85.3 Å². The number of fused-ring (bicyclic) bond motifs is 1. The van der Waals surface area contributed by atoms with Gasteiger partial charge in [-0.15, -0.1) is 0 Å². The van der Waals surface area contributed by atoms with Crippen LogP contribution >= 0.6 is 23.2 Å². The molecule has 2 N–H and O–H groups in total. The lowest BCUT2D eigenvalue weighted by Crippen LogP contribution is -2.34. The molecule has 0 aliphatic carbocycles. The Labute approximate surface area is 227 Å². The first-order valence-corrected chi connectivity index (χ1v) is 12.3. The van der Waals surface area contributed by atoms with E-state index in [4.69, 9.17) is 23.2 Å².